The molecule has 1 amide bonds. The molecule has 1 aromatic heterocycles. The molecule has 2 N–H and O–H groups in total. The Morgan fingerprint density at radius 1 is 1.25 bits per heavy atom. The Morgan fingerprint density at radius 3 is 2.50 bits per heavy atom. The smallest absolute Gasteiger partial charge is 0.355 e. The first-order valence-corrected chi connectivity index (χ1v) is 7.70. The van der Waals surface area contributed by atoms with E-state index in [2.05, 4.69) is 15.3 Å². The minimum atomic E-state index is -0.364. The number of nitrogens with one attached hydrogen (secondary N) is 2. The van der Waals surface area contributed by atoms with Crippen LogP contribution < -0.4 is 5.32 Å². The van der Waals surface area contributed by atoms with Gasteiger partial charge in [-0.05, 0) is 50.6 Å². The number of benzene rings is 1. The van der Waals surface area contributed by atoms with Crippen molar-refractivity contribution in [3.63, 3.8) is 0 Å². The number of carbonyl (C=O) groups excluding carboxylic acids is 2. The summed E-state index contributed by atoms with van der Waals surface area (Å²) in [5, 5.41) is 2.70. The van der Waals surface area contributed by atoms with Crippen LogP contribution in [0, 0.1) is 13.8 Å². The second-order valence-corrected chi connectivity index (χ2v) is 5.37. The molecule has 24 heavy (non-hydrogen) atoms. The molecule has 0 saturated carbocycles. The van der Waals surface area contributed by atoms with Crippen molar-refractivity contribution in [2.45, 2.75) is 27.7 Å². The Kier molecular flexibility index (Phi) is 5.52. The van der Waals surface area contributed by atoms with Gasteiger partial charge in [-0.25, -0.2) is 4.79 Å². The van der Waals surface area contributed by atoms with Crippen LogP contribution in [0.4, 0.5) is 11.4 Å². The van der Waals surface area contributed by atoms with Crippen molar-refractivity contribution in [1.29, 1.82) is 0 Å². The average Bonchev–Trinajstić information content (AvgIpc) is 2.81. The van der Waals surface area contributed by atoms with E-state index < -0.39 is 0 Å². The summed E-state index contributed by atoms with van der Waals surface area (Å²) >= 11 is 0. The number of aromatic amines is 1. The maximum Gasteiger partial charge on any atom is 0.355 e. The van der Waals surface area contributed by atoms with Gasteiger partial charge in [-0.1, -0.05) is 0 Å². The van der Waals surface area contributed by atoms with Crippen molar-refractivity contribution in [1.82, 2.24) is 4.98 Å². The molecule has 0 bridgehead atoms. The zero-order chi connectivity index (χ0) is 17.7. The van der Waals surface area contributed by atoms with Crippen LogP contribution in [0.15, 0.2) is 29.3 Å². The highest BCUT2D eigenvalue weighted by atomic mass is 16.5. The van der Waals surface area contributed by atoms with E-state index in [9.17, 15) is 9.59 Å². The van der Waals surface area contributed by atoms with Gasteiger partial charge in [0.15, 0.2) is 0 Å². The number of rotatable bonds is 5. The fourth-order valence-corrected chi connectivity index (χ4v) is 2.34. The molecule has 0 saturated heterocycles. The van der Waals surface area contributed by atoms with E-state index in [1.54, 1.807) is 25.3 Å². The van der Waals surface area contributed by atoms with Gasteiger partial charge in [0.05, 0.1) is 12.3 Å². The van der Waals surface area contributed by atoms with E-state index >= 15 is 0 Å². The average molecular weight is 327 g/mol. The Hall–Kier alpha value is -2.89. The first-order chi connectivity index (χ1) is 11.4. The molecule has 0 aliphatic heterocycles. The maximum absolute atomic E-state index is 11.9. The molecule has 6 heteroatoms. The van der Waals surface area contributed by atoms with Crippen molar-refractivity contribution >= 4 is 29.5 Å². The summed E-state index contributed by atoms with van der Waals surface area (Å²) in [7, 11) is 0. The summed E-state index contributed by atoms with van der Waals surface area (Å²) in [4.78, 5) is 30.4. The zero-order valence-electron chi connectivity index (χ0n) is 14.3. The molecule has 126 valence electrons. The molecule has 0 spiro atoms. The number of esters is 1. The SMILES string of the molecule is CCOC(=O)c1[nH]c(C)c(C=Nc2ccc(NC(C)=O)cc2)c1C. The fourth-order valence-electron chi connectivity index (χ4n) is 2.34. The predicted molar refractivity (Wildman–Crippen MR) is 94.2 cm³/mol. The largest absolute Gasteiger partial charge is 0.461 e. The number of carbonyl (C=O) groups is 2. The van der Waals surface area contributed by atoms with Crippen molar-refractivity contribution in [3.8, 4) is 0 Å². The normalized spacial score (nSPS) is 10.8. The monoisotopic (exact) mass is 327 g/mol. The predicted octanol–water partition coefficient (Wildman–Crippen LogP) is 3.52. The van der Waals surface area contributed by atoms with E-state index in [4.69, 9.17) is 4.74 Å². The number of hydrogen-bond donors (Lipinski definition) is 2. The molecule has 0 aliphatic carbocycles. The van der Waals surface area contributed by atoms with Crippen molar-refractivity contribution < 1.29 is 14.3 Å². The van der Waals surface area contributed by atoms with Gasteiger partial charge in [0.25, 0.3) is 0 Å². The highest BCUT2D eigenvalue weighted by molar-refractivity contribution is 5.95. The first kappa shape index (κ1) is 17.5. The topological polar surface area (TPSA) is 83.6 Å². The maximum atomic E-state index is 11.9. The van der Waals surface area contributed by atoms with Crippen LogP contribution in [0.3, 0.4) is 0 Å². The second-order valence-electron chi connectivity index (χ2n) is 5.37. The van der Waals surface area contributed by atoms with E-state index in [0.29, 0.717) is 12.3 Å². The van der Waals surface area contributed by atoms with Gasteiger partial charge in [-0.2, -0.15) is 0 Å². The molecule has 2 aromatic rings. The lowest BCUT2D eigenvalue weighted by Gasteiger charge is -2.02. The van der Waals surface area contributed by atoms with Gasteiger partial charge >= 0.3 is 5.97 Å². The number of ether oxygens (including phenoxy) is 1. The van der Waals surface area contributed by atoms with Gasteiger partial charge in [0.2, 0.25) is 5.91 Å². The van der Waals surface area contributed by atoms with Crippen molar-refractivity contribution in [2.75, 3.05) is 11.9 Å². The second kappa shape index (κ2) is 7.59. The molecule has 0 atom stereocenters. The minimum absolute atomic E-state index is 0.115. The van der Waals surface area contributed by atoms with Gasteiger partial charge in [0.1, 0.15) is 5.69 Å². The lowest BCUT2D eigenvalue weighted by atomic mass is 10.1. The van der Waals surface area contributed by atoms with Gasteiger partial charge in [0, 0.05) is 30.1 Å². The molecule has 6 nitrogen and oxygen atoms in total. The van der Waals surface area contributed by atoms with Crippen LogP contribution in [-0.4, -0.2) is 29.7 Å². The molecule has 2 rings (SSSR count). The first-order valence-electron chi connectivity index (χ1n) is 7.70. The summed E-state index contributed by atoms with van der Waals surface area (Å²) in [6.45, 7) is 7.31. The quantitative estimate of drug-likeness (QED) is 0.651. The highest BCUT2D eigenvalue weighted by Gasteiger charge is 2.17. The molecule has 0 radical (unpaired) electrons. The number of aliphatic imine (C=N–C) groups is 1. The minimum Gasteiger partial charge on any atom is -0.461 e. The van der Waals surface area contributed by atoms with Crippen LogP contribution in [0.25, 0.3) is 0 Å². The third-order valence-electron chi connectivity index (χ3n) is 3.51. The van der Waals surface area contributed by atoms with Crippen LogP contribution in [0.1, 0.15) is 41.2 Å². The molecule has 1 aromatic carbocycles. The third-order valence-corrected chi connectivity index (χ3v) is 3.51. The number of aryl methyl sites for hydroxylation is 1. The molecule has 0 aliphatic rings. The Bertz CT molecular complexity index is 774. The van der Waals surface area contributed by atoms with E-state index in [1.807, 2.05) is 26.0 Å². The lowest BCUT2D eigenvalue weighted by molar-refractivity contribution is -0.114. The summed E-state index contributed by atoms with van der Waals surface area (Å²) in [6, 6.07) is 7.20. The van der Waals surface area contributed by atoms with Crippen molar-refractivity contribution in [3.05, 3.63) is 46.8 Å². The number of nitrogens with zero attached hydrogens (tertiary/aromatic N) is 1. The van der Waals surface area contributed by atoms with Gasteiger partial charge in [-0.15, -0.1) is 0 Å². The molecular formula is C18H21N3O3. The Morgan fingerprint density at radius 2 is 1.92 bits per heavy atom. The Balaban J connectivity index is 2.20. The third kappa shape index (κ3) is 4.10. The summed E-state index contributed by atoms with van der Waals surface area (Å²) in [5.74, 6) is -0.478. The standard InChI is InChI=1S/C18H21N3O3/c1-5-24-18(23)17-11(2)16(12(3)20-17)10-19-14-6-8-15(9-7-14)21-13(4)22/h6-10,20H,5H2,1-4H3,(H,21,22). The lowest BCUT2D eigenvalue weighted by Crippen LogP contribution is -2.06. The highest BCUT2D eigenvalue weighted by Crippen LogP contribution is 2.20. The van der Waals surface area contributed by atoms with Crippen LogP contribution in [0.5, 0.6) is 0 Å². The van der Waals surface area contributed by atoms with E-state index in [-0.39, 0.29) is 11.9 Å². The van der Waals surface area contributed by atoms with E-state index in [1.165, 1.54) is 6.92 Å². The number of hydrogen-bond acceptors (Lipinski definition) is 4. The number of aromatic nitrogens is 1. The molecule has 0 unspecified atom stereocenters. The van der Waals surface area contributed by atoms with Gasteiger partial charge in [-0.3, -0.25) is 9.79 Å². The summed E-state index contributed by atoms with van der Waals surface area (Å²) in [5.41, 5.74) is 4.46. The number of amides is 1. The molecule has 0 fully saturated rings. The van der Waals surface area contributed by atoms with Crippen LogP contribution in [0.2, 0.25) is 0 Å². The summed E-state index contributed by atoms with van der Waals surface area (Å²) in [6.07, 6.45) is 1.72. The van der Waals surface area contributed by atoms with Crippen molar-refractivity contribution in [2.24, 2.45) is 4.99 Å². The molecular weight excluding hydrogens is 306 g/mol. The molecule has 1 heterocycles. The van der Waals surface area contributed by atoms with Crippen LogP contribution >= 0.6 is 0 Å². The Labute approximate surface area is 140 Å². The number of anilines is 1. The zero-order valence-corrected chi connectivity index (χ0v) is 14.3. The summed E-state index contributed by atoms with van der Waals surface area (Å²) < 4.78 is 5.04. The fraction of sp³-hybridized carbons (Fsp3) is 0.278. The number of H-pyrrole nitrogens is 1. The van der Waals surface area contributed by atoms with Gasteiger partial charge < -0.3 is 15.0 Å². The van der Waals surface area contributed by atoms with Crippen LogP contribution in [-0.2, 0) is 9.53 Å². The van der Waals surface area contributed by atoms with E-state index in [0.717, 1.165) is 28.2 Å².